The van der Waals surface area contributed by atoms with Crippen LogP contribution in [0, 0.1) is 0 Å². The number of hydrogen-bond acceptors (Lipinski definition) is 5. The number of fused-ring (bicyclic) bond motifs is 1. The second-order valence-corrected chi connectivity index (χ2v) is 7.64. The summed E-state index contributed by atoms with van der Waals surface area (Å²) in [7, 11) is 0. The molecule has 2 aliphatic rings. The topological polar surface area (TPSA) is 63.1 Å². The number of pyridine rings is 1. The third-order valence-electron chi connectivity index (χ3n) is 5.77. The molecular weight excluding hydrogens is 326 g/mol. The van der Waals surface area contributed by atoms with Crippen LogP contribution in [0.5, 0.6) is 0 Å². The van der Waals surface area contributed by atoms with Crippen molar-refractivity contribution in [1.29, 1.82) is 0 Å². The zero-order chi connectivity index (χ0) is 17.8. The number of nitrogens with zero attached hydrogens (tertiary/aromatic N) is 4. The summed E-state index contributed by atoms with van der Waals surface area (Å²) in [6, 6.07) is 3.77. The minimum Gasteiger partial charge on any atom is -0.353 e. The minimum atomic E-state index is 0.0577. The molecule has 0 bridgehead atoms. The summed E-state index contributed by atoms with van der Waals surface area (Å²) < 4.78 is 1.91. The number of nitrogens with one attached hydrogen (secondary N) is 1. The van der Waals surface area contributed by atoms with Crippen LogP contribution in [0.2, 0.25) is 0 Å². The molecule has 26 heavy (non-hydrogen) atoms. The van der Waals surface area contributed by atoms with Crippen molar-refractivity contribution in [1.82, 2.24) is 19.4 Å². The predicted octanol–water partition coefficient (Wildman–Crippen LogP) is 3.19. The molecule has 0 spiro atoms. The number of anilines is 1. The Balaban J connectivity index is 1.52. The zero-order valence-corrected chi connectivity index (χ0v) is 15.5. The van der Waals surface area contributed by atoms with Gasteiger partial charge in [0.25, 0.3) is 5.56 Å². The van der Waals surface area contributed by atoms with E-state index in [-0.39, 0.29) is 11.6 Å². The van der Waals surface area contributed by atoms with Crippen molar-refractivity contribution in [3.8, 4) is 0 Å². The monoisotopic (exact) mass is 355 g/mol. The average Bonchev–Trinajstić information content (AvgIpc) is 2.69. The summed E-state index contributed by atoms with van der Waals surface area (Å²) in [5.74, 6) is 0.629. The summed E-state index contributed by atoms with van der Waals surface area (Å²) in [6.07, 6.45) is 11.6. The van der Waals surface area contributed by atoms with Crippen LogP contribution in [0.3, 0.4) is 0 Å². The number of rotatable bonds is 5. The molecule has 6 nitrogen and oxygen atoms in total. The largest absolute Gasteiger partial charge is 0.353 e. The molecule has 2 aromatic rings. The SMILES string of the molecule is O=c1ccc2cnc(NCCN3CCCCC3)nc2n1C1CCCCC1. The molecule has 1 saturated carbocycles. The van der Waals surface area contributed by atoms with E-state index in [1.54, 1.807) is 6.07 Å². The number of aromatic nitrogens is 3. The fourth-order valence-electron chi connectivity index (χ4n) is 4.32. The molecule has 4 rings (SSSR count). The molecule has 0 aromatic carbocycles. The molecule has 1 saturated heterocycles. The molecule has 1 aliphatic heterocycles. The van der Waals surface area contributed by atoms with Crippen LogP contribution in [-0.2, 0) is 0 Å². The number of likely N-dealkylation sites (tertiary alicyclic amines) is 1. The van der Waals surface area contributed by atoms with Crippen LogP contribution < -0.4 is 10.9 Å². The van der Waals surface area contributed by atoms with E-state index >= 15 is 0 Å². The number of piperidine rings is 1. The van der Waals surface area contributed by atoms with Crippen LogP contribution in [-0.4, -0.2) is 45.6 Å². The van der Waals surface area contributed by atoms with Gasteiger partial charge in [0.1, 0.15) is 5.65 Å². The Morgan fingerprint density at radius 3 is 2.62 bits per heavy atom. The van der Waals surface area contributed by atoms with Gasteiger partial charge in [-0.3, -0.25) is 9.36 Å². The van der Waals surface area contributed by atoms with E-state index in [1.165, 1.54) is 51.6 Å². The first-order valence-electron chi connectivity index (χ1n) is 10.2. The van der Waals surface area contributed by atoms with E-state index in [0.29, 0.717) is 5.95 Å². The summed E-state index contributed by atoms with van der Waals surface area (Å²) in [5, 5.41) is 4.30. The van der Waals surface area contributed by atoms with Gasteiger partial charge >= 0.3 is 0 Å². The molecule has 1 N–H and O–H groups in total. The van der Waals surface area contributed by atoms with Gasteiger partial charge in [0.15, 0.2) is 0 Å². The second kappa shape index (κ2) is 8.16. The van der Waals surface area contributed by atoms with Crippen molar-refractivity contribution < 1.29 is 0 Å². The Bertz CT molecular complexity index is 790. The van der Waals surface area contributed by atoms with Crippen LogP contribution in [0.15, 0.2) is 23.1 Å². The summed E-state index contributed by atoms with van der Waals surface area (Å²) in [5.41, 5.74) is 0.835. The smallest absolute Gasteiger partial charge is 0.252 e. The van der Waals surface area contributed by atoms with Gasteiger partial charge in [-0.15, -0.1) is 0 Å². The van der Waals surface area contributed by atoms with Gasteiger partial charge in [-0.2, -0.15) is 4.98 Å². The van der Waals surface area contributed by atoms with E-state index in [9.17, 15) is 4.79 Å². The first kappa shape index (κ1) is 17.5. The third kappa shape index (κ3) is 3.90. The molecule has 140 valence electrons. The molecule has 0 radical (unpaired) electrons. The highest BCUT2D eigenvalue weighted by Crippen LogP contribution is 2.29. The Labute approximate surface area is 154 Å². The quantitative estimate of drug-likeness (QED) is 0.892. The zero-order valence-electron chi connectivity index (χ0n) is 15.5. The van der Waals surface area contributed by atoms with E-state index in [4.69, 9.17) is 4.98 Å². The van der Waals surface area contributed by atoms with Gasteiger partial charge < -0.3 is 10.2 Å². The van der Waals surface area contributed by atoms with Crippen molar-refractivity contribution in [2.45, 2.75) is 57.4 Å². The van der Waals surface area contributed by atoms with E-state index in [1.807, 2.05) is 16.8 Å². The van der Waals surface area contributed by atoms with Crippen LogP contribution in [0.1, 0.15) is 57.4 Å². The Morgan fingerprint density at radius 2 is 1.81 bits per heavy atom. The van der Waals surface area contributed by atoms with Gasteiger partial charge in [0.05, 0.1) is 0 Å². The summed E-state index contributed by atoms with van der Waals surface area (Å²) in [6.45, 7) is 4.25. The van der Waals surface area contributed by atoms with Crippen molar-refractivity contribution >= 4 is 17.0 Å². The van der Waals surface area contributed by atoms with Crippen LogP contribution in [0.25, 0.3) is 11.0 Å². The fourth-order valence-corrected chi connectivity index (χ4v) is 4.32. The molecule has 3 heterocycles. The molecule has 0 unspecified atom stereocenters. The summed E-state index contributed by atoms with van der Waals surface area (Å²) in [4.78, 5) is 24.2. The summed E-state index contributed by atoms with van der Waals surface area (Å²) >= 11 is 0. The van der Waals surface area contributed by atoms with E-state index < -0.39 is 0 Å². The van der Waals surface area contributed by atoms with E-state index in [0.717, 1.165) is 37.0 Å². The van der Waals surface area contributed by atoms with Gasteiger partial charge in [-0.05, 0) is 44.8 Å². The normalized spacial score (nSPS) is 19.7. The highest BCUT2D eigenvalue weighted by Gasteiger charge is 2.19. The molecular formula is C20H29N5O. The lowest BCUT2D eigenvalue weighted by atomic mass is 9.95. The van der Waals surface area contributed by atoms with Gasteiger partial charge in [0, 0.05) is 36.8 Å². The lowest BCUT2D eigenvalue weighted by Gasteiger charge is -2.26. The van der Waals surface area contributed by atoms with Gasteiger partial charge in [-0.1, -0.05) is 25.7 Å². The Hall–Kier alpha value is -1.95. The molecule has 0 amide bonds. The Morgan fingerprint density at radius 1 is 1.04 bits per heavy atom. The highest BCUT2D eigenvalue weighted by atomic mass is 16.1. The minimum absolute atomic E-state index is 0.0577. The van der Waals surface area contributed by atoms with Crippen molar-refractivity contribution in [2.75, 3.05) is 31.5 Å². The van der Waals surface area contributed by atoms with Crippen molar-refractivity contribution in [2.24, 2.45) is 0 Å². The molecule has 0 atom stereocenters. The standard InChI is InChI=1S/C20H29N5O/c26-18-10-9-16-15-22-20(21-11-14-24-12-5-2-6-13-24)23-19(16)25(18)17-7-3-1-4-8-17/h9-10,15,17H,1-8,11-14H2,(H,21,22,23). The molecule has 1 aliphatic carbocycles. The highest BCUT2D eigenvalue weighted by molar-refractivity contribution is 5.75. The maximum Gasteiger partial charge on any atom is 0.252 e. The van der Waals surface area contributed by atoms with Crippen molar-refractivity contribution in [3.05, 3.63) is 28.7 Å². The van der Waals surface area contributed by atoms with Crippen LogP contribution >= 0.6 is 0 Å². The van der Waals surface area contributed by atoms with E-state index in [2.05, 4.69) is 15.2 Å². The maximum absolute atomic E-state index is 12.5. The first-order valence-corrected chi connectivity index (χ1v) is 10.2. The lowest BCUT2D eigenvalue weighted by molar-refractivity contribution is 0.237. The lowest BCUT2D eigenvalue weighted by Crippen LogP contribution is -2.34. The second-order valence-electron chi connectivity index (χ2n) is 7.64. The first-order chi connectivity index (χ1) is 12.8. The Kier molecular flexibility index (Phi) is 5.48. The van der Waals surface area contributed by atoms with Crippen LogP contribution in [0.4, 0.5) is 5.95 Å². The molecule has 6 heteroatoms. The number of hydrogen-bond donors (Lipinski definition) is 1. The van der Waals surface area contributed by atoms with Gasteiger partial charge in [-0.25, -0.2) is 4.98 Å². The average molecular weight is 355 g/mol. The molecule has 2 aromatic heterocycles. The third-order valence-corrected chi connectivity index (χ3v) is 5.77. The molecule has 2 fully saturated rings. The predicted molar refractivity (Wildman–Crippen MR) is 105 cm³/mol. The fraction of sp³-hybridized carbons (Fsp3) is 0.650. The van der Waals surface area contributed by atoms with Crippen molar-refractivity contribution in [3.63, 3.8) is 0 Å². The maximum atomic E-state index is 12.5. The van der Waals surface area contributed by atoms with Gasteiger partial charge in [0.2, 0.25) is 5.95 Å².